The highest BCUT2D eigenvalue weighted by Crippen LogP contribution is 2.24. The van der Waals surface area contributed by atoms with Gasteiger partial charge in [0.2, 0.25) is 0 Å². The molecule has 1 atom stereocenters. The van der Waals surface area contributed by atoms with E-state index in [0.29, 0.717) is 5.25 Å². The Bertz CT molecular complexity index is 344. The van der Waals surface area contributed by atoms with Crippen molar-refractivity contribution in [2.24, 2.45) is 0 Å². The van der Waals surface area contributed by atoms with Gasteiger partial charge in [0.05, 0.1) is 0 Å². The van der Waals surface area contributed by atoms with Gasteiger partial charge in [-0.15, -0.1) is 11.8 Å². The second-order valence-corrected chi connectivity index (χ2v) is 5.57. The molecule has 0 radical (unpaired) electrons. The number of rotatable bonds is 7. The second-order valence-electron chi connectivity index (χ2n) is 4.06. The molecule has 1 nitrogen and oxygen atoms in total. The summed E-state index contributed by atoms with van der Waals surface area (Å²) in [5.74, 6) is -1.57. The van der Waals surface area contributed by atoms with Gasteiger partial charge in [-0.25, -0.2) is 8.78 Å². The molecule has 1 aromatic carbocycles. The molecule has 1 unspecified atom stereocenters. The van der Waals surface area contributed by atoms with Crippen LogP contribution in [0.5, 0.6) is 0 Å². The van der Waals surface area contributed by atoms with Crippen LogP contribution < -0.4 is 5.32 Å². The summed E-state index contributed by atoms with van der Waals surface area (Å²) in [5, 5.41) is 3.69. The van der Waals surface area contributed by atoms with Crippen LogP contribution in [0.4, 0.5) is 8.78 Å². The first-order chi connectivity index (χ1) is 8.13. The maximum atomic E-state index is 13.0. The quantitative estimate of drug-likeness (QED) is 0.590. The lowest BCUT2D eigenvalue weighted by molar-refractivity contribution is 0.506. The van der Waals surface area contributed by atoms with Crippen LogP contribution in [0.1, 0.15) is 26.7 Å². The van der Waals surface area contributed by atoms with Gasteiger partial charge >= 0.3 is 0 Å². The fourth-order valence-corrected chi connectivity index (χ4v) is 2.42. The van der Waals surface area contributed by atoms with Gasteiger partial charge in [-0.1, -0.05) is 20.3 Å². The number of thioether (sulfide) groups is 1. The Balaban J connectivity index is 2.34. The van der Waals surface area contributed by atoms with E-state index in [1.807, 2.05) is 0 Å². The standard InChI is InChI=1S/C13H19F2NS/c1-3-4-7-16-9-10(2)17-11-5-6-12(14)13(15)8-11/h5-6,8,10,16H,3-4,7,9H2,1-2H3. The third kappa shape index (κ3) is 5.50. The third-order valence-corrected chi connectivity index (χ3v) is 3.46. The molecule has 0 saturated heterocycles. The number of unbranched alkanes of at least 4 members (excludes halogenated alkanes) is 1. The molecule has 0 spiro atoms. The molecule has 17 heavy (non-hydrogen) atoms. The molecule has 0 fully saturated rings. The maximum Gasteiger partial charge on any atom is 0.159 e. The Morgan fingerprint density at radius 3 is 2.71 bits per heavy atom. The lowest BCUT2D eigenvalue weighted by Gasteiger charge is -2.12. The Hall–Kier alpha value is -0.610. The molecule has 0 aromatic heterocycles. The molecular formula is C13H19F2NS. The van der Waals surface area contributed by atoms with Gasteiger partial charge in [0.15, 0.2) is 11.6 Å². The normalized spacial score (nSPS) is 12.7. The van der Waals surface area contributed by atoms with Crippen LogP contribution >= 0.6 is 11.8 Å². The van der Waals surface area contributed by atoms with Crippen molar-refractivity contribution in [2.45, 2.75) is 36.8 Å². The Labute approximate surface area is 106 Å². The predicted octanol–water partition coefficient (Wildman–Crippen LogP) is 3.84. The summed E-state index contributed by atoms with van der Waals surface area (Å²) in [6, 6.07) is 4.04. The molecule has 1 rings (SSSR count). The average Bonchev–Trinajstić information content (AvgIpc) is 2.30. The average molecular weight is 259 g/mol. The van der Waals surface area contributed by atoms with Crippen LogP contribution in [-0.2, 0) is 0 Å². The van der Waals surface area contributed by atoms with E-state index in [4.69, 9.17) is 0 Å². The van der Waals surface area contributed by atoms with Crippen LogP contribution in [0, 0.1) is 11.6 Å². The van der Waals surface area contributed by atoms with Crippen molar-refractivity contribution in [3.05, 3.63) is 29.8 Å². The van der Waals surface area contributed by atoms with Crippen LogP contribution in [0.2, 0.25) is 0 Å². The number of halogens is 2. The molecule has 0 saturated carbocycles. The van der Waals surface area contributed by atoms with E-state index in [1.165, 1.54) is 25.0 Å². The molecular weight excluding hydrogens is 240 g/mol. The minimum Gasteiger partial charge on any atom is -0.316 e. The number of nitrogens with one attached hydrogen (secondary N) is 1. The minimum atomic E-state index is -0.789. The summed E-state index contributed by atoms with van der Waals surface area (Å²) in [5.41, 5.74) is 0. The van der Waals surface area contributed by atoms with E-state index in [-0.39, 0.29) is 0 Å². The van der Waals surface area contributed by atoms with Crippen LogP contribution in [0.15, 0.2) is 23.1 Å². The summed E-state index contributed by atoms with van der Waals surface area (Å²) >= 11 is 1.56. The highest BCUT2D eigenvalue weighted by Gasteiger charge is 2.07. The molecule has 1 N–H and O–H groups in total. The summed E-state index contributed by atoms with van der Waals surface area (Å²) in [6.07, 6.45) is 2.35. The lowest BCUT2D eigenvalue weighted by Crippen LogP contribution is -2.23. The maximum absolute atomic E-state index is 13.0. The van der Waals surface area contributed by atoms with Crippen molar-refractivity contribution in [2.75, 3.05) is 13.1 Å². The van der Waals surface area contributed by atoms with Gasteiger partial charge in [-0.3, -0.25) is 0 Å². The summed E-state index contributed by atoms with van der Waals surface area (Å²) < 4.78 is 25.7. The molecule has 1 aromatic rings. The van der Waals surface area contributed by atoms with Crippen LogP contribution in [0.25, 0.3) is 0 Å². The first kappa shape index (κ1) is 14.5. The fourth-order valence-electron chi connectivity index (χ4n) is 1.43. The van der Waals surface area contributed by atoms with Gasteiger partial charge < -0.3 is 5.32 Å². The molecule has 0 heterocycles. The smallest absolute Gasteiger partial charge is 0.159 e. The van der Waals surface area contributed by atoms with Crippen molar-refractivity contribution < 1.29 is 8.78 Å². The fraction of sp³-hybridized carbons (Fsp3) is 0.538. The molecule has 0 bridgehead atoms. The van der Waals surface area contributed by atoms with Crippen LogP contribution in [-0.4, -0.2) is 18.3 Å². The minimum absolute atomic E-state index is 0.344. The molecule has 4 heteroatoms. The van der Waals surface area contributed by atoms with E-state index in [2.05, 4.69) is 19.2 Å². The van der Waals surface area contributed by atoms with Crippen molar-refractivity contribution >= 4 is 11.8 Å². The largest absolute Gasteiger partial charge is 0.316 e. The zero-order valence-corrected chi connectivity index (χ0v) is 11.1. The number of benzene rings is 1. The van der Waals surface area contributed by atoms with Crippen molar-refractivity contribution in [1.82, 2.24) is 5.32 Å². The van der Waals surface area contributed by atoms with Gasteiger partial charge in [0, 0.05) is 16.7 Å². The zero-order valence-electron chi connectivity index (χ0n) is 10.3. The third-order valence-electron chi connectivity index (χ3n) is 2.37. The van der Waals surface area contributed by atoms with Gasteiger partial charge in [0.25, 0.3) is 0 Å². The summed E-state index contributed by atoms with van der Waals surface area (Å²) in [7, 11) is 0. The molecule has 0 aliphatic rings. The summed E-state index contributed by atoms with van der Waals surface area (Å²) in [4.78, 5) is 0.772. The highest BCUT2D eigenvalue weighted by atomic mass is 32.2. The monoisotopic (exact) mass is 259 g/mol. The van der Waals surface area contributed by atoms with E-state index in [1.54, 1.807) is 17.8 Å². The van der Waals surface area contributed by atoms with Gasteiger partial charge in [-0.05, 0) is 31.2 Å². The topological polar surface area (TPSA) is 12.0 Å². The van der Waals surface area contributed by atoms with Gasteiger partial charge in [0.1, 0.15) is 0 Å². The Morgan fingerprint density at radius 2 is 2.06 bits per heavy atom. The predicted molar refractivity (Wildman–Crippen MR) is 69.5 cm³/mol. The first-order valence-corrected chi connectivity index (χ1v) is 6.84. The second kappa shape index (κ2) is 7.67. The van der Waals surface area contributed by atoms with Crippen molar-refractivity contribution in [3.63, 3.8) is 0 Å². The molecule has 0 aliphatic heterocycles. The van der Waals surface area contributed by atoms with E-state index in [9.17, 15) is 8.78 Å². The Kier molecular flexibility index (Phi) is 6.52. The number of hydrogen-bond donors (Lipinski definition) is 1. The van der Waals surface area contributed by atoms with Crippen LogP contribution in [0.3, 0.4) is 0 Å². The Morgan fingerprint density at radius 1 is 1.29 bits per heavy atom. The molecule has 0 amide bonds. The highest BCUT2D eigenvalue weighted by molar-refractivity contribution is 8.00. The van der Waals surface area contributed by atoms with E-state index in [0.717, 1.165) is 18.0 Å². The molecule has 0 aliphatic carbocycles. The summed E-state index contributed by atoms with van der Waals surface area (Å²) in [6.45, 7) is 6.12. The molecule has 96 valence electrons. The SMILES string of the molecule is CCCCNCC(C)Sc1ccc(F)c(F)c1. The van der Waals surface area contributed by atoms with Crippen molar-refractivity contribution in [1.29, 1.82) is 0 Å². The first-order valence-electron chi connectivity index (χ1n) is 5.96. The zero-order chi connectivity index (χ0) is 12.7. The van der Waals surface area contributed by atoms with Gasteiger partial charge in [-0.2, -0.15) is 0 Å². The van der Waals surface area contributed by atoms with E-state index < -0.39 is 11.6 Å². The van der Waals surface area contributed by atoms with E-state index >= 15 is 0 Å². The lowest BCUT2D eigenvalue weighted by atomic mass is 10.3. The number of hydrogen-bond acceptors (Lipinski definition) is 2. The van der Waals surface area contributed by atoms with Crippen molar-refractivity contribution in [3.8, 4) is 0 Å².